The lowest BCUT2D eigenvalue weighted by Crippen LogP contribution is -2.27. The molecule has 1 unspecified atom stereocenters. The summed E-state index contributed by atoms with van der Waals surface area (Å²) in [7, 11) is -1.33. The van der Waals surface area contributed by atoms with Crippen LogP contribution in [0, 0.1) is 27.7 Å². The molecule has 0 saturated carbocycles. The summed E-state index contributed by atoms with van der Waals surface area (Å²) >= 11 is 0. The highest BCUT2D eigenvalue weighted by Gasteiger charge is 2.26. The van der Waals surface area contributed by atoms with Crippen LogP contribution in [0.15, 0.2) is 87.7 Å². The Balaban J connectivity index is 0.000000226. The number of hydrogen-bond acceptors (Lipinski definition) is 11. The molecule has 0 aliphatic carbocycles. The molecule has 0 radical (unpaired) electrons. The van der Waals surface area contributed by atoms with Gasteiger partial charge in [-0.15, -0.1) is 0 Å². The SMILES string of the molecule is CC(C)NCC(O)c1ccc(NS(C)(=O)=O)cc1.Cc1ccc(/N=C/N(C)/C=N/c2ccc(C)cc2C)c(C)c1.Nc1ccn([C@H]2CC[C@@H](CO)O2)c(=O)n1. The van der Waals surface area contributed by atoms with Gasteiger partial charge in [-0.25, -0.2) is 23.2 Å². The van der Waals surface area contributed by atoms with Crippen LogP contribution < -0.4 is 21.5 Å². The second-order valence-corrected chi connectivity index (χ2v) is 15.6. The molecule has 14 nitrogen and oxygen atoms in total. The van der Waals surface area contributed by atoms with Crippen molar-refractivity contribution in [2.45, 2.75) is 78.9 Å². The van der Waals surface area contributed by atoms with Crippen molar-refractivity contribution in [1.82, 2.24) is 19.8 Å². The first-order chi connectivity index (χ1) is 25.9. The Morgan fingerprint density at radius 1 is 0.964 bits per heavy atom. The maximum absolute atomic E-state index is 11.5. The highest BCUT2D eigenvalue weighted by atomic mass is 32.2. The maximum Gasteiger partial charge on any atom is 0.351 e. The van der Waals surface area contributed by atoms with Gasteiger partial charge in [0.1, 0.15) is 12.0 Å². The van der Waals surface area contributed by atoms with Crippen LogP contribution >= 0.6 is 0 Å². The Kier molecular flexibility index (Phi) is 17.2. The predicted molar refractivity (Wildman–Crippen MR) is 222 cm³/mol. The third-order valence-corrected chi connectivity index (χ3v) is 8.84. The summed E-state index contributed by atoms with van der Waals surface area (Å²) in [5, 5.41) is 21.9. The summed E-state index contributed by atoms with van der Waals surface area (Å²) in [5.41, 5.74) is 13.0. The molecule has 1 aromatic heterocycles. The molecular weight excluding hydrogens is 721 g/mol. The van der Waals surface area contributed by atoms with Gasteiger partial charge in [0.15, 0.2) is 0 Å². The van der Waals surface area contributed by atoms with E-state index in [0.717, 1.165) is 29.6 Å². The Morgan fingerprint density at radius 3 is 1.98 bits per heavy atom. The fraction of sp³-hybridized carbons (Fsp3) is 0.400. The Hall–Kier alpha value is -4.93. The molecule has 0 spiro atoms. The summed E-state index contributed by atoms with van der Waals surface area (Å²) in [5.74, 6) is 0.202. The van der Waals surface area contributed by atoms with Gasteiger partial charge in [-0.1, -0.05) is 61.4 Å². The smallest absolute Gasteiger partial charge is 0.351 e. The topological polar surface area (TPSA) is 197 Å². The van der Waals surface area contributed by atoms with Crippen LogP contribution in [0.2, 0.25) is 0 Å². The maximum atomic E-state index is 11.5. The number of sulfonamides is 1. The number of nitrogens with one attached hydrogen (secondary N) is 2. The van der Waals surface area contributed by atoms with Gasteiger partial charge < -0.3 is 30.9 Å². The molecule has 1 aliphatic heterocycles. The summed E-state index contributed by atoms with van der Waals surface area (Å²) in [6, 6.07) is 21.0. The molecular formula is C40H56N8O6S. The number of nitrogen functional groups attached to an aromatic ring is 1. The molecule has 3 atom stereocenters. The monoisotopic (exact) mass is 776 g/mol. The van der Waals surface area contributed by atoms with Crippen LogP contribution in [0.25, 0.3) is 0 Å². The highest BCUT2D eigenvalue weighted by Crippen LogP contribution is 2.26. The number of aromatic nitrogens is 2. The number of rotatable bonds is 12. The van der Waals surface area contributed by atoms with Crippen LogP contribution in [0.3, 0.4) is 0 Å². The van der Waals surface area contributed by atoms with Crippen LogP contribution in [0.5, 0.6) is 0 Å². The standard InChI is InChI=1S/C19H23N3.C12H20N2O3S.C9H13N3O3/c1-14-6-8-18(16(3)10-14)20-12-22(5)13-21-19-9-7-15(2)11-17(19)4;1-9(2)13-8-12(15)10-4-6-11(7-5-10)14-18(3,16)17;10-7-3-4-12(9(14)11-7)8-2-1-6(5-13)15-8/h6-13H,1-5H3;4-7,9,12-15H,8H2,1-3H3;3-4,6,8,13H,1-2,5H2,(H2,10,11,14)/b20-12+,21-13+;;/t;;6-,8+/m..0/s1. The first-order valence-corrected chi connectivity index (χ1v) is 19.9. The summed E-state index contributed by atoms with van der Waals surface area (Å²) in [6.07, 6.45) is 6.57. The minimum Gasteiger partial charge on any atom is -0.394 e. The molecule has 1 fully saturated rings. The van der Waals surface area contributed by atoms with E-state index < -0.39 is 21.8 Å². The molecule has 0 bridgehead atoms. The van der Waals surface area contributed by atoms with Crippen LogP contribution in [-0.4, -0.2) is 84.4 Å². The van der Waals surface area contributed by atoms with Crippen LogP contribution in [0.4, 0.5) is 22.9 Å². The predicted octanol–water partition coefficient (Wildman–Crippen LogP) is 5.46. The Morgan fingerprint density at radius 2 is 1.53 bits per heavy atom. The molecule has 2 heterocycles. The number of aryl methyl sites for hydroxylation is 4. The lowest BCUT2D eigenvalue weighted by Gasteiger charge is -2.14. The summed E-state index contributed by atoms with van der Waals surface area (Å²) in [6.45, 7) is 12.8. The van der Waals surface area contributed by atoms with E-state index in [1.165, 1.54) is 26.8 Å². The quantitative estimate of drug-likeness (QED) is 0.0911. The molecule has 55 heavy (non-hydrogen) atoms. The first kappa shape index (κ1) is 44.5. The van der Waals surface area contributed by atoms with Crippen LogP contribution in [-0.2, 0) is 14.8 Å². The van der Waals surface area contributed by atoms with Gasteiger partial charge in [0.05, 0.1) is 49.1 Å². The van der Waals surface area contributed by atoms with Crippen molar-refractivity contribution in [2.24, 2.45) is 9.98 Å². The zero-order valence-corrected chi connectivity index (χ0v) is 33.8. The van der Waals surface area contributed by atoms with E-state index >= 15 is 0 Å². The molecule has 4 aromatic rings. The Bertz CT molecular complexity index is 1990. The number of ether oxygens (including phenoxy) is 1. The first-order valence-electron chi connectivity index (χ1n) is 18.0. The van der Waals surface area contributed by atoms with Gasteiger partial charge in [0.2, 0.25) is 10.0 Å². The number of benzene rings is 3. The molecule has 3 aromatic carbocycles. The number of hydrogen-bond donors (Lipinski definition) is 5. The lowest BCUT2D eigenvalue weighted by molar-refractivity contribution is -0.0245. The molecule has 1 saturated heterocycles. The van der Waals surface area contributed by atoms with E-state index in [1.807, 2.05) is 37.9 Å². The van der Waals surface area contributed by atoms with Gasteiger partial charge in [0.25, 0.3) is 0 Å². The van der Waals surface area contributed by atoms with E-state index in [-0.39, 0.29) is 24.8 Å². The molecule has 6 N–H and O–H groups in total. The second kappa shape index (κ2) is 21.2. The van der Waals surface area contributed by atoms with E-state index in [0.29, 0.717) is 24.7 Å². The number of nitrogens with zero attached hydrogens (tertiary/aromatic N) is 5. The molecule has 0 amide bonds. The normalized spacial score (nSPS) is 16.1. The second-order valence-electron chi connectivity index (χ2n) is 13.8. The van der Waals surface area contributed by atoms with Crippen molar-refractivity contribution in [3.63, 3.8) is 0 Å². The largest absolute Gasteiger partial charge is 0.394 e. The number of nitrogens with two attached hydrogens (primary N) is 1. The fourth-order valence-electron chi connectivity index (χ4n) is 5.36. The lowest BCUT2D eigenvalue weighted by atomic mass is 10.1. The number of aliphatic hydroxyl groups is 2. The van der Waals surface area contributed by atoms with Gasteiger partial charge in [-0.2, -0.15) is 4.98 Å². The van der Waals surface area contributed by atoms with Gasteiger partial charge in [-0.3, -0.25) is 9.29 Å². The summed E-state index contributed by atoms with van der Waals surface area (Å²) in [4.78, 5) is 25.9. The van der Waals surface area contributed by atoms with Crippen molar-refractivity contribution in [1.29, 1.82) is 0 Å². The van der Waals surface area contributed by atoms with Crippen molar-refractivity contribution in [3.05, 3.63) is 111 Å². The van der Waals surface area contributed by atoms with Crippen molar-refractivity contribution in [2.75, 3.05) is 36.9 Å². The van der Waals surface area contributed by atoms with E-state index in [2.05, 4.69) is 77.0 Å². The average Bonchev–Trinajstić information content (AvgIpc) is 3.59. The zero-order valence-electron chi connectivity index (χ0n) is 33.0. The minimum absolute atomic E-state index is 0.0202. The third kappa shape index (κ3) is 15.8. The van der Waals surface area contributed by atoms with E-state index in [1.54, 1.807) is 49.2 Å². The zero-order chi connectivity index (χ0) is 40.7. The van der Waals surface area contributed by atoms with Gasteiger partial charge >= 0.3 is 5.69 Å². The number of aliphatic hydroxyl groups excluding tert-OH is 2. The van der Waals surface area contributed by atoms with Gasteiger partial charge in [-0.05, 0) is 87.6 Å². The van der Waals surface area contributed by atoms with E-state index in [9.17, 15) is 18.3 Å². The minimum atomic E-state index is -3.26. The highest BCUT2D eigenvalue weighted by molar-refractivity contribution is 7.92. The van der Waals surface area contributed by atoms with E-state index in [4.69, 9.17) is 15.6 Å². The molecule has 298 valence electrons. The number of aliphatic imine (C=N–C) groups is 2. The third-order valence-electron chi connectivity index (χ3n) is 8.23. The van der Waals surface area contributed by atoms with Crippen molar-refractivity contribution in [3.8, 4) is 0 Å². The average molecular weight is 777 g/mol. The molecule has 1 aliphatic rings. The van der Waals surface area contributed by atoms with Crippen molar-refractivity contribution < 1.29 is 23.4 Å². The Labute approximate surface area is 324 Å². The molecule has 5 rings (SSSR count). The van der Waals surface area contributed by atoms with Crippen molar-refractivity contribution >= 4 is 45.6 Å². The van der Waals surface area contributed by atoms with Crippen LogP contribution in [0.1, 0.15) is 66.8 Å². The molecule has 15 heteroatoms. The number of anilines is 2. The fourth-order valence-corrected chi connectivity index (χ4v) is 5.92. The summed E-state index contributed by atoms with van der Waals surface area (Å²) < 4.78 is 31.3. The van der Waals surface area contributed by atoms with Gasteiger partial charge in [0, 0.05) is 31.5 Å².